The molecule has 0 fully saturated rings. The van der Waals surface area contributed by atoms with Crippen molar-refractivity contribution in [3.8, 4) is 45.3 Å². The van der Waals surface area contributed by atoms with Gasteiger partial charge in [-0.25, -0.2) is 9.36 Å². The van der Waals surface area contributed by atoms with Crippen LogP contribution in [0.5, 0.6) is 0 Å². The molecule has 4 heterocycles. The van der Waals surface area contributed by atoms with E-state index in [1.165, 1.54) is 21.5 Å². The van der Waals surface area contributed by atoms with Crippen molar-refractivity contribution in [2.24, 2.45) is 0 Å². The molecule has 54 heavy (non-hydrogen) atoms. The van der Waals surface area contributed by atoms with E-state index in [0.29, 0.717) is 0 Å². The highest BCUT2D eigenvalue weighted by atomic mass is 15.4. The van der Waals surface area contributed by atoms with Crippen molar-refractivity contribution in [1.82, 2.24) is 39.1 Å². The van der Waals surface area contributed by atoms with Crippen LogP contribution in [0.4, 0.5) is 0 Å². The fraction of sp³-hybridized carbons (Fsp3) is 0. The van der Waals surface area contributed by atoms with Gasteiger partial charge in [-0.3, -0.25) is 0 Å². The number of fused-ring (bicyclic) bond motifs is 6. The van der Waals surface area contributed by atoms with E-state index in [0.717, 1.165) is 67.3 Å². The molecule has 0 unspecified atom stereocenters. The summed E-state index contributed by atoms with van der Waals surface area (Å²) in [5.74, 6) is 0. The first kappa shape index (κ1) is 30.1. The van der Waals surface area contributed by atoms with Crippen LogP contribution in [0.25, 0.3) is 88.9 Å². The molecule has 0 spiro atoms. The van der Waals surface area contributed by atoms with Crippen LogP contribution < -0.4 is 0 Å². The number of aromatic nitrogens is 8. The predicted octanol–water partition coefficient (Wildman–Crippen LogP) is 10.4. The molecule has 0 saturated carbocycles. The Kier molecular flexibility index (Phi) is 6.69. The molecular weight excluding hydrogens is 665 g/mol. The first-order valence-electron chi connectivity index (χ1n) is 17.9. The van der Waals surface area contributed by atoms with E-state index in [1.807, 2.05) is 40.0 Å². The van der Waals surface area contributed by atoms with E-state index in [1.54, 1.807) is 0 Å². The Hall–Kier alpha value is -7.58. The van der Waals surface area contributed by atoms with Gasteiger partial charge in [0.05, 0.1) is 57.2 Å². The van der Waals surface area contributed by atoms with Gasteiger partial charge in [-0.15, -0.1) is 10.2 Å². The molecule has 0 bridgehead atoms. The lowest BCUT2D eigenvalue weighted by atomic mass is 10.1. The van der Waals surface area contributed by atoms with E-state index < -0.39 is 0 Å². The van der Waals surface area contributed by atoms with Gasteiger partial charge in [-0.2, -0.15) is 0 Å². The van der Waals surface area contributed by atoms with Crippen molar-refractivity contribution in [3.63, 3.8) is 0 Å². The molecule has 0 aliphatic carbocycles. The second kappa shape index (κ2) is 12.0. The third-order valence-corrected chi connectivity index (χ3v) is 10.3. The number of hydrogen-bond donors (Lipinski definition) is 0. The zero-order chi connectivity index (χ0) is 35.6. The second-order valence-electron chi connectivity index (χ2n) is 13.4. The Bertz CT molecular complexity index is 2880. The summed E-state index contributed by atoms with van der Waals surface area (Å²) < 4.78 is 8.35. The van der Waals surface area contributed by atoms with Crippen LogP contribution in [0.2, 0.25) is 0 Å². The van der Waals surface area contributed by atoms with Gasteiger partial charge in [0, 0.05) is 32.7 Å². The first-order valence-corrected chi connectivity index (χ1v) is 17.9. The van der Waals surface area contributed by atoms with Gasteiger partial charge < -0.3 is 9.13 Å². The number of hydrogen-bond acceptors (Lipinski definition) is 4. The average molecular weight is 695 g/mol. The summed E-state index contributed by atoms with van der Waals surface area (Å²) in [6.07, 6.45) is 3.98. The van der Waals surface area contributed by atoms with Crippen LogP contribution >= 0.6 is 0 Å². The quantitative estimate of drug-likeness (QED) is 0.174. The molecule has 0 saturated heterocycles. The van der Waals surface area contributed by atoms with Crippen LogP contribution in [-0.4, -0.2) is 39.1 Å². The Morgan fingerprint density at radius 2 is 0.648 bits per heavy atom. The maximum absolute atomic E-state index is 4.65. The maximum Gasteiger partial charge on any atom is 0.113 e. The highest BCUT2D eigenvalue weighted by Crippen LogP contribution is 2.36. The molecular formula is C46H30N8. The predicted molar refractivity (Wildman–Crippen MR) is 216 cm³/mol. The Morgan fingerprint density at radius 1 is 0.315 bits per heavy atom. The van der Waals surface area contributed by atoms with Crippen LogP contribution in [-0.2, 0) is 0 Å². The van der Waals surface area contributed by atoms with E-state index in [-0.39, 0.29) is 0 Å². The Labute approximate surface area is 309 Å². The number of para-hydroxylation sites is 8. The van der Waals surface area contributed by atoms with Crippen molar-refractivity contribution in [1.29, 1.82) is 0 Å². The Morgan fingerprint density at radius 3 is 1.04 bits per heavy atom. The van der Waals surface area contributed by atoms with Crippen LogP contribution in [0.3, 0.4) is 0 Å². The fourth-order valence-electron chi connectivity index (χ4n) is 7.92. The zero-order valence-electron chi connectivity index (χ0n) is 28.9. The standard InChI is InChI=1S/C46H30N8/c1-5-20-39-33(16-1)34-17-2-6-21-40(34)53(39)45-26-11-9-24-43(45)51-29-37(47-49-51)31-14-13-15-32(28-31)38-30-52(50-48-38)44-25-10-12-27-46(44)54-41-22-7-3-18-35(41)36-19-4-8-23-42(36)54/h1-30H. The molecule has 7 aromatic carbocycles. The minimum Gasteiger partial charge on any atom is -0.307 e. The minimum atomic E-state index is 0.762. The summed E-state index contributed by atoms with van der Waals surface area (Å²) in [7, 11) is 0. The third kappa shape index (κ3) is 4.63. The molecule has 0 amide bonds. The van der Waals surface area contributed by atoms with E-state index >= 15 is 0 Å². The fourth-order valence-corrected chi connectivity index (χ4v) is 7.92. The summed E-state index contributed by atoms with van der Waals surface area (Å²) >= 11 is 0. The molecule has 0 radical (unpaired) electrons. The zero-order valence-corrected chi connectivity index (χ0v) is 28.9. The van der Waals surface area contributed by atoms with Gasteiger partial charge in [0.25, 0.3) is 0 Å². The van der Waals surface area contributed by atoms with Crippen molar-refractivity contribution in [3.05, 3.63) is 182 Å². The highest BCUT2D eigenvalue weighted by molar-refractivity contribution is 6.10. The van der Waals surface area contributed by atoms with Gasteiger partial charge in [0.15, 0.2) is 0 Å². The lowest BCUT2D eigenvalue weighted by Gasteiger charge is -2.13. The lowest BCUT2D eigenvalue weighted by molar-refractivity contribution is 0.798. The maximum atomic E-state index is 4.65. The van der Waals surface area contributed by atoms with Gasteiger partial charge in [-0.05, 0) is 54.6 Å². The summed E-state index contributed by atoms with van der Waals surface area (Å²) in [5, 5.41) is 23.4. The van der Waals surface area contributed by atoms with E-state index in [2.05, 4.69) is 181 Å². The Balaban J connectivity index is 0.958. The summed E-state index contributed by atoms with van der Waals surface area (Å²) in [4.78, 5) is 0. The van der Waals surface area contributed by atoms with Crippen molar-refractivity contribution in [2.75, 3.05) is 0 Å². The molecule has 0 aliphatic rings. The molecule has 0 N–H and O–H groups in total. The SMILES string of the molecule is c1cc(-c2cn(-c3ccccc3-n3c4ccccc4c4ccccc43)nn2)cc(-c2cn(-c3ccccc3-n3c4ccccc4c4ccccc43)nn2)c1. The lowest BCUT2D eigenvalue weighted by Crippen LogP contribution is -2.03. The normalized spacial score (nSPS) is 11.7. The summed E-state index contributed by atoms with van der Waals surface area (Å²) in [6.45, 7) is 0. The molecule has 11 aromatic rings. The van der Waals surface area contributed by atoms with E-state index in [9.17, 15) is 0 Å². The second-order valence-corrected chi connectivity index (χ2v) is 13.4. The molecule has 8 nitrogen and oxygen atoms in total. The van der Waals surface area contributed by atoms with Crippen molar-refractivity contribution in [2.45, 2.75) is 0 Å². The molecule has 8 heteroatoms. The molecule has 4 aromatic heterocycles. The van der Waals surface area contributed by atoms with Crippen LogP contribution in [0, 0.1) is 0 Å². The molecule has 0 atom stereocenters. The molecule has 11 rings (SSSR count). The number of rotatable bonds is 6. The van der Waals surface area contributed by atoms with Crippen molar-refractivity contribution < 1.29 is 0 Å². The number of benzene rings is 7. The minimum absolute atomic E-state index is 0.762. The van der Waals surface area contributed by atoms with Gasteiger partial charge >= 0.3 is 0 Å². The summed E-state index contributed by atoms with van der Waals surface area (Å²) in [6, 6.07) is 59.0. The molecule has 0 aliphatic heterocycles. The van der Waals surface area contributed by atoms with Gasteiger partial charge in [-0.1, -0.05) is 126 Å². The van der Waals surface area contributed by atoms with Gasteiger partial charge in [0.1, 0.15) is 11.4 Å². The monoisotopic (exact) mass is 694 g/mol. The van der Waals surface area contributed by atoms with Crippen LogP contribution in [0.15, 0.2) is 182 Å². The van der Waals surface area contributed by atoms with Gasteiger partial charge in [0.2, 0.25) is 0 Å². The van der Waals surface area contributed by atoms with Crippen molar-refractivity contribution >= 4 is 43.6 Å². The largest absolute Gasteiger partial charge is 0.307 e. The third-order valence-electron chi connectivity index (χ3n) is 10.3. The molecule has 254 valence electrons. The first-order chi connectivity index (χ1) is 26.8. The van der Waals surface area contributed by atoms with E-state index in [4.69, 9.17) is 0 Å². The highest BCUT2D eigenvalue weighted by Gasteiger charge is 2.18. The number of nitrogens with zero attached hydrogens (tertiary/aromatic N) is 8. The topological polar surface area (TPSA) is 71.3 Å². The van der Waals surface area contributed by atoms with Crippen LogP contribution in [0.1, 0.15) is 0 Å². The average Bonchev–Trinajstić information content (AvgIpc) is 4.05. The smallest absolute Gasteiger partial charge is 0.113 e. The summed E-state index contributed by atoms with van der Waals surface area (Å²) in [5.41, 5.74) is 11.9.